The van der Waals surface area contributed by atoms with E-state index in [1.54, 1.807) is 28.9 Å². The third-order valence-electron chi connectivity index (χ3n) is 7.62. The maximum Gasteiger partial charge on any atom is 0.319 e. The summed E-state index contributed by atoms with van der Waals surface area (Å²) in [6.45, 7) is 1.52. The predicted octanol–water partition coefficient (Wildman–Crippen LogP) is 2.67. The lowest BCUT2D eigenvalue weighted by Gasteiger charge is -2.38. The van der Waals surface area contributed by atoms with Crippen LogP contribution in [0.4, 0.5) is 10.5 Å². The van der Waals surface area contributed by atoms with Crippen molar-refractivity contribution in [1.82, 2.24) is 29.5 Å². The maximum atomic E-state index is 13.2. The molecule has 3 amide bonds. The maximum absolute atomic E-state index is 13.2. The first-order chi connectivity index (χ1) is 19.4. The van der Waals surface area contributed by atoms with E-state index >= 15 is 0 Å². The standard InChI is InChI=1S/C29H31N7O4/c37-26(21-6-7-21)34-14-12-29(40,13-15-34)18-35-19-31-25-24(27(35)38)17-32-36(25)23-10-8-22(9-11-23)33-28(39)30-16-20-4-2-1-3-5-20/h1-5,8-11,17,19,21,40H,6-7,12-16,18H2,(H2,30,33,39). The fourth-order valence-corrected chi connectivity index (χ4v) is 5.10. The number of urea groups is 1. The van der Waals surface area contributed by atoms with Crippen molar-refractivity contribution < 1.29 is 14.7 Å². The summed E-state index contributed by atoms with van der Waals surface area (Å²) in [4.78, 5) is 44.2. The summed E-state index contributed by atoms with van der Waals surface area (Å²) in [5, 5.41) is 21.5. The number of benzene rings is 2. The van der Waals surface area contributed by atoms with Crippen LogP contribution >= 0.6 is 0 Å². The third-order valence-corrected chi connectivity index (χ3v) is 7.62. The fourth-order valence-electron chi connectivity index (χ4n) is 5.10. The number of aliphatic hydroxyl groups is 1. The number of nitrogens with one attached hydrogen (secondary N) is 2. The molecular weight excluding hydrogens is 510 g/mol. The Hall–Kier alpha value is -4.51. The fraction of sp³-hybridized carbons (Fsp3) is 0.345. The zero-order valence-corrected chi connectivity index (χ0v) is 22.0. The van der Waals surface area contributed by atoms with Crippen LogP contribution in [-0.2, 0) is 17.9 Å². The molecule has 0 unspecified atom stereocenters. The Bertz CT molecular complexity index is 1580. The van der Waals surface area contributed by atoms with Crippen LogP contribution in [0.15, 0.2) is 71.9 Å². The number of amides is 3. The van der Waals surface area contributed by atoms with Gasteiger partial charge in [0.2, 0.25) is 5.91 Å². The van der Waals surface area contributed by atoms with Crippen molar-refractivity contribution in [3.05, 3.63) is 83.0 Å². The van der Waals surface area contributed by atoms with Gasteiger partial charge in [0.15, 0.2) is 5.65 Å². The topological polar surface area (TPSA) is 134 Å². The second-order valence-electron chi connectivity index (χ2n) is 10.6. The zero-order valence-electron chi connectivity index (χ0n) is 22.0. The Kier molecular flexibility index (Phi) is 6.81. The normalized spacial score (nSPS) is 16.6. The second kappa shape index (κ2) is 10.6. The first kappa shape index (κ1) is 25.8. The van der Waals surface area contributed by atoms with Crippen LogP contribution in [0.2, 0.25) is 0 Å². The Morgan fingerprint density at radius 1 is 1.02 bits per heavy atom. The average molecular weight is 542 g/mol. The van der Waals surface area contributed by atoms with Crippen molar-refractivity contribution >= 4 is 28.7 Å². The molecule has 1 aliphatic heterocycles. The Labute approximate surface area is 230 Å². The number of aromatic nitrogens is 4. The number of carbonyl (C=O) groups is 2. The summed E-state index contributed by atoms with van der Waals surface area (Å²) in [5.74, 6) is 0.346. The van der Waals surface area contributed by atoms with Gasteiger partial charge in [0, 0.05) is 31.2 Å². The van der Waals surface area contributed by atoms with E-state index in [4.69, 9.17) is 0 Å². The molecule has 2 aliphatic rings. The number of hydrogen-bond acceptors (Lipinski definition) is 6. The first-order valence-corrected chi connectivity index (χ1v) is 13.5. The summed E-state index contributed by atoms with van der Waals surface area (Å²) < 4.78 is 2.99. The minimum absolute atomic E-state index is 0.109. The summed E-state index contributed by atoms with van der Waals surface area (Å²) in [6, 6.07) is 16.4. The van der Waals surface area contributed by atoms with Crippen LogP contribution in [0, 0.1) is 5.92 Å². The van der Waals surface area contributed by atoms with E-state index in [0.29, 0.717) is 54.9 Å². The van der Waals surface area contributed by atoms with Crippen molar-refractivity contribution in [3.8, 4) is 5.69 Å². The smallest absolute Gasteiger partial charge is 0.319 e. The number of piperidine rings is 1. The number of likely N-dealkylation sites (tertiary alicyclic amines) is 1. The van der Waals surface area contributed by atoms with Crippen molar-refractivity contribution in [1.29, 1.82) is 0 Å². The molecule has 40 heavy (non-hydrogen) atoms. The first-order valence-electron chi connectivity index (χ1n) is 13.5. The van der Waals surface area contributed by atoms with Gasteiger partial charge in [0.1, 0.15) is 11.7 Å². The zero-order chi connectivity index (χ0) is 27.7. The highest BCUT2D eigenvalue weighted by Crippen LogP contribution is 2.33. The molecule has 2 fully saturated rings. The van der Waals surface area contributed by atoms with Gasteiger partial charge in [-0.1, -0.05) is 30.3 Å². The Balaban J connectivity index is 1.10. The van der Waals surface area contributed by atoms with Crippen LogP contribution in [0.3, 0.4) is 0 Å². The number of anilines is 1. The second-order valence-corrected chi connectivity index (χ2v) is 10.6. The summed E-state index contributed by atoms with van der Waals surface area (Å²) in [7, 11) is 0. The molecule has 3 N–H and O–H groups in total. The molecule has 1 aliphatic carbocycles. The SMILES string of the molecule is O=C(NCc1ccccc1)Nc1ccc(-n2ncc3c(=O)n(CC4(O)CCN(C(=O)C5CC5)CC4)cnc32)cc1. The molecule has 0 radical (unpaired) electrons. The van der Waals surface area contributed by atoms with Gasteiger partial charge in [-0.3, -0.25) is 14.2 Å². The number of fused-ring (bicyclic) bond motifs is 1. The highest BCUT2D eigenvalue weighted by molar-refractivity contribution is 5.89. The Morgan fingerprint density at radius 3 is 2.45 bits per heavy atom. The minimum atomic E-state index is -1.08. The molecule has 3 heterocycles. The largest absolute Gasteiger partial charge is 0.388 e. The molecular formula is C29H31N7O4. The quantitative estimate of drug-likeness (QED) is 0.329. The highest BCUT2D eigenvalue weighted by Gasteiger charge is 2.39. The number of rotatable bonds is 7. The van der Waals surface area contributed by atoms with E-state index in [9.17, 15) is 19.5 Å². The van der Waals surface area contributed by atoms with E-state index in [1.807, 2.05) is 35.2 Å². The third kappa shape index (κ3) is 5.46. The molecule has 1 saturated heterocycles. The molecule has 0 atom stereocenters. The summed E-state index contributed by atoms with van der Waals surface area (Å²) in [5.41, 5.74) is 1.34. The van der Waals surface area contributed by atoms with Crippen LogP contribution in [-0.4, -0.2) is 60.0 Å². The Morgan fingerprint density at radius 2 is 1.75 bits per heavy atom. The van der Waals surface area contributed by atoms with Gasteiger partial charge in [-0.05, 0) is 55.5 Å². The van der Waals surface area contributed by atoms with Gasteiger partial charge in [-0.15, -0.1) is 0 Å². The molecule has 11 heteroatoms. The molecule has 2 aromatic heterocycles. The van der Waals surface area contributed by atoms with E-state index in [-0.39, 0.29) is 30.0 Å². The minimum Gasteiger partial charge on any atom is -0.388 e. The van der Waals surface area contributed by atoms with Gasteiger partial charge < -0.3 is 20.6 Å². The summed E-state index contributed by atoms with van der Waals surface area (Å²) >= 11 is 0. The van der Waals surface area contributed by atoms with E-state index < -0.39 is 5.60 Å². The number of hydrogen-bond donors (Lipinski definition) is 3. The van der Waals surface area contributed by atoms with Gasteiger partial charge >= 0.3 is 6.03 Å². The van der Waals surface area contributed by atoms with Crippen molar-refractivity contribution in [2.24, 2.45) is 5.92 Å². The lowest BCUT2D eigenvalue weighted by molar-refractivity contribution is -0.137. The molecule has 4 aromatic rings. The molecule has 2 aromatic carbocycles. The summed E-state index contributed by atoms with van der Waals surface area (Å²) in [6.07, 6.45) is 5.67. The number of nitrogens with zero attached hydrogens (tertiary/aromatic N) is 5. The van der Waals surface area contributed by atoms with E-state index in [2.05, 4.69) is 20.7 Å². The molecule has 11 nitrogen and oxygen atoms in total. The van der Waals surface area contributed by atoms with Crippen molar-refractivity contribution in [2.45, 2.75) is 44.4 Å². The average Bonchev–Trinajstić information content (AvgIpc) is 3.73. The van der Waals surface area contributed by atoms with E-state index in [1.165, 1.54) is 17.1 Å². The van der Waals surface area contributed by atoms with Crippen LogP contribution in [0.1, 0.15) is 31.2 Å². The highest BCUT2D eigenvalue weighted by atomic mass is 16.3. The van der Waals surface area contributed by atoms with Crippen LogP contribution < -0.4 is 16.2 Å². The molecule has 6 rings (SSSR count). The van der Waals surface area contributed by atoms with Crippen LogP contribution in [0.5, 0.6) is 0 Å². The lowest BCUT2D eigenvalue weighted by atomic mass is 9.91. The van der Waals surface area contributed by atoms with Gasteiger partial charge in [-0.2, -0.15) is 5.10 Å². The molecule has 0 spiro atoms. The van der Waals surface area contributed by atoms with Crippen molar-refractivity contribution in [2.75, 3.05) is 18.4 Å². The van der Waals surface area contributed by atoms with Crippen LogP contribution in [0.25, 0.3) is 16.7 Å². The van der Waals surface area contributed by atoms with E-state index in [0.717, 1.165) is 18.4 Å². The molecule has 206 valence electrons. The van der Waals surface area contributed by atoms with Gasteiger partial charge in [0.05, 0.1) is 24.0 Å². The molecule has 1 saturated carbocycles. The van der Waals surface area contributed by atoms with Gasteiger partial charge in [-0.25, -0.2) is 14.5 Å². The predicted molar refractivity (Wildman–Crippen MR) is 149 cm³/mol. The lowest BCUT2D eigenvalue weighted by Crippen LogP contribution is -2.50. The van der Waals surface area contributed by atoms with Crippen molar-refractivity contribution in [3.63, 3.8) is 0 Å². The van der Waals surface area contributed by atoms with Gasteiger partial charge in [0.25, 0.3) is 5.56 Å². The monoisotopic (exact) mass is 541 g/mol. The molecule has 0 bridgehead atoms. The number of carbonyl (C=O) groups excluding carboxylic acids is 2.